The van der Waals surface area contributed by atoms with Gasteiger partial charge in [0.2, 0.25) is 11.9 Å². The fraction of sp³-hybridized carbons (Fsp3) is 0.440. The van der Waals surface area contributed by atoms with Crippen LogP contribution in [0.1, 0.15) is 41.8 Å². The fourth-order valence-electron chi connectivity index (χ4n) is 5.01. The average molecular weight is 461 g/mol. The highest BCUT2D eigenvalue weighted by Gasteiger charge is 2.39. The molecule has 1 saturated heterocycles. The molecule has 2 aliphatic rings. The Morgan fingerprint density at radius 2 is 2.09 bits per heavy atom. The summed E-state index contributed by atoms with van der Waals surface area (Å²) in [5.41, 5.74) is 8.73. The first-order chi connectivity index (χ1) is 16.4. The summed E-state index contributed by atoms with van der Waals surface area (Å²) in [5.74, 6) is 0.578. The smallest absolute Gasteiger partial charge is 0.228 e. The topological polar surface area (TPSA) is 91.2 Å². The number of benzene rings is 1. The van der Waals surface area contributed by atoms with Crippen LogP contribution < -0.4 is 10.7 Å². The van der Waals surface area contributed by atoms with Crippen molar-refractivity contribution in [2.24, 2.45) is 13.0 Å². The SMILES string of the molecule is Cc1cccc([C@@H]2NN(C)CC[C@H]2C(=O)N2Cc3nc(Nc4cnn(C)c4)ncc3C[C@H]2C)c1. The van der Waals surface area contributed by atoms with E-state index in [0.717, 1.165) is 41.9 Å². The van der Waals surface area contributed by atoms with Gasteiger partial charge in [-0.3, -0.25) is 9.48 Å². The molecule has 178 valence electrons. The third-order valence-corrected chi connectivity index (χ3v) is 6.82. The quantitative estimate of drug-likeness (QED) is 0.619. The van der Waals surface area contributed by atoms with Crippen molar-refractivity contribution in [2.75, 3.05) is 18.9 Å². The lowest BCUT2D eigenvalue weighted by Crippen LogP contribution is -2.54. The minimum atomic E-state index is -0.128. The summed E-state index contributed by atoms with van der Waals surface area (Å²) in [7, 11) is 3.91. The molecule has 1 amide bonds. The lowest BCUT2D eigenvalue weighted by molar-refractivity contribution is -0.142. The highest BCUT2D eigenvalue weighted by molar-refractivity contribution is 5.80. The number of fused-ring (bicyclic) bond motifs is 1. The molecule has 3 atom stereocenters. The third kappa shape index (κ3) is 4.53. The molecule has 0 radical (unpaired) electrons. The zero-order valence-electron chi connectivity index (χ0n) is 20.2. The Morgan fingerprint density at radius 1 is 1.24 bits per heavy atom. The number of nitrogens with zero attached hydrogens (tertiary/aromatic N) is 6. The molecular formula is C25H32N8O. The number of anilines is 2. The number of nitrogens with one attached hydrogen (secondary N) is 2. The van der Waals surface area contributed by atoms with Gasteiger partial charge in [-0.15, -0.1) is 0 Å². The molecule has 34 heavy (non-hydrogen) atoms. The first kappa shape index (κ1) is 22.5. The summed E-state index contributed by atoms with van der Waals surface area (Å²) in [6, 6.07) is 8.49. The standard InChI is InChI=1S/C25H32N8O/c1-16-6-5-7-18(10-16)23-21(8-9-31(3)30-23)24(34)33-15-22-19(11-17(33)2)12-26-25(29-22)28-20-13-27-32(4)14-20/h5-7,10,12-14,17,21,23,30H,8-9,11,15H2,1-4H3,(H,26,28,29)/t17-,21-,23+/m1/s1. The number of hydrazine groups is 1. The minimum Gasteiger partial charge on any atom is -0.333 e. The van der Waals surface area contributed by atoms with Gasteiger partial charge in [-0.05, 0) is 37.8 Å². The summed E-state index contributed by atoms with van der Waals surface area (Å²) < 4.78 is 1.73. The molecule has 2 aromatic heterocycles. The highest BCUT2D eigenvalue weighted by Crippen LogP contribution is 2.33. The lowest BCUT2D eigenvalue weighted by Gasteiger charge is -2.42. The Bertz CT molecular complexity index is 1190. The van der Waals surface area contributed by atoms with E-state index in [0.29, 0.717) is 12.5 Å². The summed E-state index contributed by atoms with van der Waals surface area (Å²) in [5, 5.41) is 9.48. The number of carbonyl (C=O) groups excluding carboxylic acids is 1. The molecule has 0 bridgehead atoms. The second-order valence-electron chi connectivity index (χ2n) is 9.55. The molecule has 3 aromatic rings. The Balaban J connectivity index is 1.38. The van der Waals surface area contributed by atoms with Crippen LogP contribution in [0.3, 0.4) is 0 Å². The molecule has 0 unspecified atom stereocenters. The van der Waals surface area contributed by atoms with Crippen molar-refractivity contribution in [2.45, 2.75) is 45.3 Å². The lowest BCUT2D eigenvalue weighted by atomic mass is 9.86. The predicted molar refractivity (Wildman–Crippen MR) is 130 cm³/mol. The van der Waals surface area contributed by atoms with Crippen LogP contribution in [0, 0.1) is 12.8 Å². The van der Waals surface area contributed by atoms with Gasteiger partial charge >= 0.3 is 0 Å². The van der Waals surface area contributed by atoms with Crippen molar-refractivity contribution in [1.82, 2.24) is 35.1 Å². The number of rotatable bonds is 4. The zero-order chi connectivity index (χ0) is 23.8. The van der Waals surface area contributed by atoms with Crippen LogP contribution in [0.5, 0.6) is 0 Å². The van der Waals surface area contributed by atoms with Crippen molar-refractivity contribution in [3.8, 4) is 0 Å². The first-order valence-electron chi connectivity index (χ1n) is 11.8. The van der Waals surface area contributed by atoms with E-state index in [1.54, 1.807) is 10.9 Å². The molecule has 4 heterocycles. The molecule has 9 nitrogen and oxygen atoms in total. The van der Waals surface area contributed by atoms with Gasteiger partial charge in [0.05, 0.1) is 36.1 Å². The van der Waals surface area contributed by atoms with Crippen LogP contribution in [-0.2, 0) is 24.8 Å². The van der Waals surface area contributed by atoms with Gasteiger partial charge < -0.3 is 10.2 Å². The van der Waals surface area contributed by atoms with Crippen LogP contribution in [-0.4, -0.2) is 55.2 Å². The fourth-order valence-corrected chi connectivity index (χ4v) is 5.01. The second kappa shape index (κ2) is 9.15. The van der Waals surface area contributed by atoms with Crippen LogP contribution in [0.25, 0.3) is 0 Å². The molecular weight excluding hydrogens is 428 g/mol. The minimum absolute atomic E-state index is 0.0482. The molecule has 5 rings (SSSR count). The van der Waals surface area contributed by atoms with Crippen molar-refractivity contribution >= 4 is 17.5 Å². The van der Waals surface area contributed by atoms with Gasteiger partial charge in [-0.25, -0.2) is 20.4 Å². The summed E-state index contributed by atoms with van der Waals surface area (Å²) in [4.78, 5) is 25.2. The van der Waals surface area contributed by atoms with Gasteiger partial charge in [0.1, 0.15) is 0 Å². The van der Waals surface area contributed by atoms with Crippen LogP contribution in [0.2, 0.25) is 0 Å². The Morgan fingerprint density at radius 3 is 2.85 bits per heavy atom. The monoisotopic (exact) mass is 460 g/mol. The summed E-state index contributed by atoms with van der Waals surface area (Å²) in [6.45, 7) is 5.53. The molecule has 0 saturated carbocycles. The maximum atomic E-state index is 13.9. The number of carbonyl (C=O) groups is 1. The van der Waals surface area contributed by atoms with E-state index in [2.05, 4.69) is 63.9 Å². The second-order valence-corrected chi connectivity index (χ2v) is 9.55. The maximum Gasteiger partial charge on any atom is 0.228 e. The van der Waals surface area contributed by atoms with E-state index in [1.165, 1.54) is 5.56 Å². The number of aromatic nitrogens is 4. The van der Waals surface area contributed by atoms with Gasteiger partial charge in [0.25, 0.3) is 0 Å². The predicted octanol–water partition coefficient (Wildman–Crippen LogP) is 2.73. The van der Waals surface area contributed by atoms with Crippen LogP contribution in [0.15, 0.2) is 42.9 Å². The Kier molecular flexibility index (Phi) is 6.05. The van der Waals surface area contributed by atoms with E-state index in [-0.39, 0.29) is 23.9 Å². The van der Waals surface area contributed by atoms with E-state index in [9.17, 15) is 4.79 Å². The Labute approximate surface area is 200 Å². The van der Waals surface area contributed by atoms with Gasteiger partial charge in [0, 0.05) is 39.1 Å². The van der Waals surface area contributed by atoms with E-state index in [1.807, 2.05) is 31.4 Å². The number of amides is 1. The van der Waals surface area contributed by atoms with E-state index in [4.69, 9.17) is 4.98 Å². The van der Waals surface area contributed by atoms with E-state index >= 15 is 0 Å². The number of aryl methyl sites for hydroxylation is 2. The average Bonchev–Trinajstić information content (AvgIpc) is 3.22. The zero-order valence-corrected chi connectivity index (χ0v) is 20.2. The molecule has 2 aliphatic heterocycles. The molecule has 1 fully saturated rings. The van der Waals surface area contributed by atoms with Gasteiger partial charge in [-0.1, -0.05) is 29.8 Å². The van der Waals surface area contributed by atoms with Gasteiger partial charge in [-0.2, -0.15) is 5.10 Å². The van der Waals surface area contributed by atoms with Crippen LogP contribution in [0.4, 0.5) is 11.6 Å². The molecule has 1 aromatic carbocycles. The number of hydrogen-bond donors (Lipinski definition) is 2. The van der Waals surface area contributed by atoms with Crippen molar-refractivity contribution < 1.29 is 4.79 Å². The first-order valence-corrected chi connectivity index (χ1v) is 11.8. The number of hydrogen-bond acceptors (Lipinski definition) is 7. The molecule has 9 heteroatoms. The molecule has 0 aliphatic carbocycles. The summed E-state index contributed by atoms with van der Waals surface area (Å²) in [6.07, 6.45) is 7.06. The van der Waals surface area contributed by atoms with Crippen molar-refractivity contribution in [3.63, 3.8) is 0 Å². The van der Waals surface area contributed by atoms with E-state index < -0.39 is 0 Å². The maximum absolute atomic E-state index is 13.9. The Hall–Kier alpha value is -3.30. The normalized spacial score (nSPS) is 22.9. The molecule has 2 N–H and O–H groups in total. The molecule has 0 spiro atoms. The van der Waals surface area contributed by atoms with Crippen molar-refractivity contribution in [1.29, 1.82) is 0 Å². The third-order valence-electron chi connectivity index (χ3n) is 6.82. The van der Waals surface area contributed by atoms with Gasteiger partial charge in [0.15, 0.2) is 0 Å². The van der Waals surface area contributed by atoms with Crippen molar-refractivity contribution in [3.05, 3.63) is 65.2 Å². The summed E-state index contributed by atoms with van der Waals surface area (Å²) >= 11 is 0. The largest absolute Gasteiger partial charge is 0.333 e. The highest BCUT2D eigenvalue weighted by atomic mass is 16.2. The van der Waals surface area contributed by atoms with Crippen LogP contribution >= 0.6 is 0 Å².